The Balaban J connectivity index is 2.09. The van der Waals surface area contributed by atoms with E-state index in [0.29, 0.717) is 29.6 Å². The number of nitrogens with zero attached hydrogens (tertiary/aromatic N) is 2. The van der Waals surface area contributed by atoms with Gasteiger partial charge in [-0.1, -0.05) is 13.8 Å². The van der Waals surface area contributed by atoms with E-state index in [2.05, 4.69) is 4.98 Å². The van der Waals surface area contributed by atoms with Crippen LogP contribution < -0.4 is 0 Å². The lowest BCUT2D eigenvalue weighted by atomic mass is 10.1. The molecule has 0 saturated carbocycles. The molecule has 2 heterocycles. The summed E-state index contributed by atoms with van der Waals surface area (Å²) in [6.07, 6.45) is 1.52. The van der Waals surface area contributed by atoms with Gasteiger partial charge in [0, 0.05) is 13.1 Å². The predicted octanol–water partition coefficient (Wildman–Crippen LogP) is 2.74. The Hall–Kier alpha value is -2.57. The maximum Gasteiger partial charge on any atom is 0.305 e. The van der Waals surface area contributed by atoms with Crippen LogP contribution in [0.1, 0.15) is 31.7 Å². The van der Waals surface area contributed by atoms with Crippen molar-refractivity contribution in [2.75, 3.05) is 13.1 Å². The van der Waals surface area contributed by atoms with Crippen molar-refractivity contribution in [1.82, 2.24) is 9.88 Å². The van der Waals surface area contributed by atoms with E-state index < -0.39 is 5.97 Å². The van der Waals surface area contributed by atoms with E-state index in [0.717, 1.165) is 0 Å². The smallest absolute Gasteiger partial charge is 0.305 e. The van der Waals surface area contributed by atoms with Crippen LogP contribution in [-0.2, 0) is 16.0 Å². The molecule has 1 N–H and O–H groups in total. The van der Waals surface area contributed by atoms with E-state index in [1.54, 1.807) is 24.0 Å². The molecule has 0 radical (unpaired) electrons. The second-order valence-electron chi connectivity index (χ2n) is 6.05. The molecule has 7 heteroatoms. The van der Waals surface area contributed by atoms with Crippen LogP contribution in [-0.4, -0.2) is 40.0 Å². The standard InChI is InChI=1S/C17H22N2O5/c1-11(2)10-19(7-6-16(21)22)15(20)9-13-12(3)24-17(18-13)14-5-4-8-23-14/h4-5,8,11H,6-7,9-10H2,1-3H3,(H,21,22). The molecule has 0 spiro atoms. The lowest BCUT2D eigenvalue weighted by Crippen LogP contribution is -2.37. The SMILES string of the molecule is Cc1oc(-c2ccco2)nc1CC(=O)N(CCC(=O)O)CC(C)C. The minimum Gasteiger partial charge on any atom is -0.481 e. The molecule has 24 heavy (non-hydrogen) atoms. The molecule has 0 bridgehead atoms. The average Bonchev–Trinajstić information content (AvgIpc) is 3.13. The van der Waals surface area contributed by atoms with Crippen LogP contribution in [0, 0.1) is 12.8 Å². The Kier molecular flexibility index (Phi) is 5.78. The van der Waals surface area contributed by atoms with Gasteiger partial charge in [0.15, 0.2) is 5.76 Å². The normalized spacial score (nSPS) is 11.0. The molecule has 0 fully saturated rings. The van der Waals surface area contributed by atoms with E-state index in [1.165, 1.54) is 6.26 Å². The first-order valence-electron chi connectivity index (χ1n) is 7.86. The van der Waals surface area contributed by atoms with Crippen molar-refractivity contribution in [3.05, 3.63) is 29.9 Å². The van der Waals surface area contributed by atoms with Gasteiger partial charge in [0.05, 0.1) is 24.8 Å². The fraction of sp³-hybridized carbons (Fsp3) is 0.471. The summed E-state index contributed by atoms with van der Waals surface area (Å²) in [7, 11) is 0. The highest BCUT2D eigenvalue weighted by Gasteiger charge is 2.21. The van der Waals surface area contributed by atoms with E-state index >= 15 is 0 Å². The van der Waals surface area contributed by atoms with Crippen molar-refractivity contribution in [2.45, 2.75) is 33.6 Å². The topological polar surface area (TPSA) is 96.8 Å². The summed E-state index contributed by atoms with van der Waals surface area (Å²) in [6, 6.07) is 3.46. The molecule has 0 saturated heterocycles. The highest BCUT2D eigenvalue weighted by molar-refractivity contribution is 5.79. The zero-order valence-electron chi connectivity index (χ0n) is 14.1. The van der Waals surface area contributed by atoms with Crippen LogP contribution in [0.25, 0.3) is 11.7 Å². The molecule has 2 aromatic rings. The third-order valence-corrected chi connectivity index (χ3v) is 3.48. The van der Waals surface area contributed by atoms with Gasteiger partial charge in [0.1, 0.15) is 5.76 Å². The number of carboxylic acid groups (broad SMARTS) is 1. The number of carbonyl (C=O) groups excluding carboxylic acids is 1. The molecule has 7 nitrogen and oxygen atoms in total. The molecule has 130 valence electrons. The zero-order valence-corrected chi connectivity index (χ0v) is 14.1. The number of oxazole rings is 1. The number of hydrogen-bond acceptors (Lipinski definition) is 5. The summed E-state index contributed by atoms with van der Waals surface area (Å²) < 4.78 is 10.8. The van der Waals surface area contributed by atoms with E-state index in [9.17, 15) is 9.59 Å². The number of amides is 1. The minimum atomic E-state index is -0.922. The molecule has 0 aliphatic rings. The number of aryl methyl sites for hydroxylation is 1. The summed E-state index contributed by atoms with van der Waals surface area (Å²) in [6.45, 7) is 6.41. The molecule has 1 amide bonds. The number of furan rings is 1. The summed E-state index contributed by atoms with van der Waals surface area (Å²) in [4.78, 5) is 29.2. The summed E-state index contributed by atoms with van der Waals surface area (Å²) in [5, 5.41) is 8.85. The van der Waals surface area contributed by atoms with E-state index in [1.807, 2.05) is 13.8 Å². The monoisotopic (exact) mass is 334 g/mol. The minimum absolute atomic E-state index is 0.0718. The Morgan fingerprint density at radius 2 is 2.12 bits per heavy atom. The summed E-state index contributed by atoms with van der Waals surface area (Å²) in [5.41, 5.74) is 0.537. The van der Waals surface area contributed by atoms with Crippen LogP contribution in [0.2, 0.25) is 0 Å². The van der Waals surface area contributed by atoms with Crippen molar-refractivity contribution >= 4 is 11.9 Å². The van der Waals surface area contributed by atoms with Crippen molar-refractivity contribution in [3.63, 3.8) is 0 Å². The second-order valence-corrected chi connectivity index (χ2v) is 6.05. The Bertz CT molecular complexity index is 688. The Morgan fingerprint density at radius 1 is 1.38 bits per heavy atom. The van der Waals surface area contributed by atoms with Gasteiger partial charge in [-0.15, -0.1) is 0 Å². The molecule has 2 aromatic heterocycles. The van der Waals surface area contributed by atoms with Crippen molar-refractivity contribution < 1.29 is 23.5 Å². The number of aromatic nitrogens is 1. The number of rotatable bonds is 8. The maximum absolute atomic E-state index is 12.5. The Morgan fingerprint density at radius 3 is 2.71 bits per heavy atom. The van der Waals surface area contributed by atoms with Crippen LogP contribution in [0.15, 0.2) is 27.2 Å². The predicted molar refractivity (Wildman–Crippen MR) is 86.3 cm³/mol. The van der Waals surface area contributed by atoms with Gasteiger partial charge in [-0.05, 0) is 25.0 Å². The van der Waals surface area contributed by atoms with E-state index in [4.69, 9.17) is 13.9 Å². The largest absolute Gasteiger partial charge is 0.481 e. The van der Waals surface area contributed by atoms with Gasteiger partial charge in [0.25, 0.3) is 5.89 Å². The van der Waals surface area contributed by atoms with Crippen molar-refractivity contribution in [1.29, 1.82) is 0 Å². The quantitative estimate of drug-likeness (QED) is 0.797. The van der Waals surface area contributed by atoms with Gasteiger partial charge in [-0.25, -0.2) is 4.98 Å². The van der Waals surface area contributed by atoms with Gasteiger partial charge >= 0.3 is 5.97 Å². The van der Waals surface area contributed by atoms with Crippen LogP contribution in [0.5, 0.6) is 0 Å². The molecule has 0 aromatic carbocycles. The summed E-state index contributed by atoms with van der Waals surface area (Å²) >= 11 is 0. The third kappa shape index (κ3) is 4.71. The van der Waals surface area contributed by atoms with E-state index in [-0.39, 0.29) is 31.2 Å². The first-order chi connectivity index (χ1) is 11.4. The highest BCUT2D eigenvalue weighted by atomic mass is 16.4. The molecule has 0 aliphatic heterocycles. The fourth-order valence-corrected chi connectivity index (χ4v) is 2.34. The van der Waals surface area contributed by atoms with Crippen LogP contribution in [0.4, 0.5) is 0 Å². The number of carboxylic acids is 1. The first-order valence-corrected chi connectivity index (χ1v) is 7.86. The number of carbonyl (C=O) groups is 2. The van der Waals surface area contributed by atoms with Crippen LogP contribution in [0.3, 0.4) is 0 Å². The molecular formula is C17H22N2O5. The zero-order chi connectivity index (χ0) is 17.7. The molecular weight excluding hydrogens is 312 g/mol. The molecule has 0 atom stereocenters. The molecule has 0 unspecified atom stereocenters. The van der Waals surface area contributed by atoms with Crippen molar-refractivity contribution in [2.24, 2.45) is 5.92 Å². The highest BCUT2D eigenvalue weighted by Crippen LogP contribution is 2.22. The fourth-order valence-electron chi connectivity index (χ4n) is 2.34. The third-order valence-electron chi connectivity index (χ3n) is 3.48. The summed E-state index contributed by atoms with van der Waals surface area (Å²) in [5.74, 6) is 0.557. The van der Waals surface area contributed by atoms with Crippen LogP contribution >= 0.6 is 0 Å². The Labute approximate surface area is 140 Å². The lowest BCUT2D eigenvalue weighted by molar-refractivity contribution is -0.138. The van der Waals surface area contributed by atoms with Gasteiger partial charge < -0.3 is 18.8 Å². The second kappa shape index (κ2) is 7.81. The van der Waals surface area contributed by atoms with Gasteiger partial charge in [-0.2, -0.15) is 0 Å². The lowest BCUT2D eigenvalue weighted by Gasteiger charge is -2.23. The average molecular weight is 334 g/mol. The van der Waals surface area contributed by atoms with Crippen molar-refractivity contribution in [3.8, 4) is 11.7 Å². The maximum atomic E-state index is 12.5. The first kappa shape index (κ1) is 17.8. The molecule has 0 aliphatic carbocycles. The van der Waals surface area contributed by atoms with Gasteiger partial charge in [0.2, 0.25) is 5.91 Å². The number of aliphatic carboxylic acids is 1. The molecule has 2 rings (SSSR count). The number of hydrogen-bond donors (Lipinski definition) is 1. The van der Waals surface area contributed by atoms with Gasteiger partial charge in [-0.3, -0.25) is 9.59 Å².